The van der Waals surface area contributed by atoms with Crippen molar-refractivity contribution < 1.29 is 0 Å². The number of anilines is 1. The average molecular weight is 250 g/mol. The van der Waals surface area contributed by atoms with E-state index in [0.717, 1.165) is 42.0 Å². The SMILES string of the molecule is CC(CN)CCCNc1ncnc2sccc12. The first-order valence-corrected chi connectivity index (χ1v) is 6.81. The summed E-state index contributed by atoms with van der Waals surface area (Å²) >= 11 is 1.64. The van der Waals surface area contributed by atoms with Crippen molar-refractivity contribution in [2.24, 2.45) is 11.7 Å². The molecule has 0 amide bonds. The van der Waals surface area contributed by atoms with Crippen molar-refractivity contribution >= 4 is 27.4 Å². The second-order valence-corrected chi connectivity index (χ2v) is 5.17. The zero-order valence-corrected chi connectivity index (χ0v) is 10.8. The van der Waals surface area contributed by atoms with Crippen molar-refractivity contribution in [1.82, 2.24) is 9.97 Å². The quantitative estimate of drug-likeness (QED) is 0.773. The van der Waals surface area contributed by atoms with Gasteiger partial charge >= 0.3 is 0 Å². The second kappa shape index (κ2) is 5.93. The number of aromatic nitrogens is 2. The summed E-state index contributed by atoms with van der Waals surface area (Å²) in [4.78, 5) is 9.54. The molecule has 0 bridgehead atoms. The van der Waals surface area contributed by atoms with Crippen LogP contribution in [0.5, 0.6) is 0 Å². The summed E-state index contributed by atoms with van der Waals surface area (Å²) in [5.41, 5.74) is 5.59. The van der Waals surface area contributed by atoms with Gasteiger partial charge in [0.25, 0.3) is 0 Å². The van der Waals surface area contributed by atoms with Crippen molar-refractivity contribution in [2.45, 2.75) is 19.8 Å². The van der Waals surface area contributed by atoms with Crippen molar-refractivity contribution in [3.63, 3.8) is 0 Å². The Morgan fingerprint density at radius 1 is 1.47 bits per heavy atom. The van der Waals surface area contributed by atoms with Gasteiger partial charge < -0.3 is 11.1 Å². The molecule has 1 atom stereocenters. The highest BCUT2D eigenvalue weighted by molar-refractivity contribution is 7.16. The van der Waals surface area contributed by atoms with Gasteiger partial charge in [-0.15, -0.1) is 11.3 Å². The molecule has 0 radical (unpaired) electrons. The van der Waals surface area contributed by atoms with Crippen molar-refractivity contribution in [3.8, 4) is 0 Å². The number of nitrogens with zero attached hydrogens (tertiary/aromatic N) is 2. The monoisotopic (exact) mass is 250 g/mol. The van der Waals surface area contributed by atoms with E-state index in [0.29, 0.717) is 5.92 Å². The molecule has 5 heteroatoms. The Bertz CT molecular complexity index is 468. The van der Waals surface area contributed by atoms with Crippen LogP contribution in [0.2, 0.25) is 0 Å². The van der Waals surface area contributed by atoms with Gasteiger partial charge in [0, 0.05) is 6.54 Å². The molecule has 0 fully saturated rings. The van der Waals surface area contributed by atoms with E-state index in [-0.39, 0.29) is 0 Å². The van der Waals surface area contributed by atoms with E-state index in [1.54, 1.807) is 17.7 Å². The summed E-state index contributed by atoms with van der Waals surface area (Å²) < 4.78 is 0. The number of nitrogens with two attached hydrogens (primary N) is 1. The van der Waals surface area contributed by atoms with Gasteiger partial charge in [0.2, 0.25) is 0 Å². The average Bonchev–Trinajstić information content (AvgIpc) is 2.83. The molecular formula is C12H18N4S. The fraction of sp³-hybridized carbons (Fsp3) is 0.500. The van der Waals surface area contributed by atoms with E-state index in [2.05, 4.69) is 28.3 Å². The van der Waals surface area contributed by atoms with Crippen molar-refractivity contribution in [2.75, 3.05) is 18.4 Å². The van der Waals surface area contributed by atoms with Gasteiger partial charge in [0.1, 0.15) is 17.0 Å². The van der Waals surface area contributed by atoms with Crippen LogP contribution in [0.15, 0.2) is 17.8 Å². The largest absolute Gasteiger partial charge is 0.369 e. The second-order valence-electron chi connectivity index (χ2n) is 4.27. The molecule has 3 N–H and O–H groups in total. The van der Waals surface area contributed by atoms with Crippen LogP contribution in [0.1, 0.15) is 19.8 Å². The molecule has 92 valence electrons. The lowest BCUT2D eigenvalue weighted by molar-refractivity contribution is 0.529. The zero-order chi connectivity index (χ0) is 12.1. The van der Waals surface area contributed by atoms with Crippen LogP contribution in [0.25, 0.3) is 10.2 Å². The molecule has 0 aliphatic heterocycles. The minimum atomic E-state index is 0.600. The van der Waals surface area contributed by atoms with E-state index in [9.17, 15) is 0 Å². The third kappa shape index (κ3) is 3.14. The Morgan fingerprint density at radius 3 is 3.18 bits per heavy atom. The van der Waals surface area contributed by atoms with E-state index >= 15 is 0 Å². The van der Waals surface area contributed by atoms with Crippen LogP contribution < -0.4 is 11.1 Å². The molecule has 0 aromatic carbocycles. The third-order valence-corrected chi connectivity index (χ3v) is 3.65. The van der Waals surface area contributed by atoms with Gasteiger partial charge in [0.15, 0.2) is 0 Å². The molecule has 17 heavy (non-hydrogen) atoms. The summed E-state index contributed by atoms with van der Waals surface area (Å²) in [7, 11) is 0. The van der Waals surface area contributed by atoms with Crippen molar-refractivity contribution in [3.05, 3.63) is 17.8 Å². The topological polar surface area (TPSA) is 63.8 Å². The maximum absolute atomic E-state index is 5.59. The Hall–Kier alpha value is -1.20. The minimum absolute atomic E-state index is 0.600. The Balaban J connectivity index is 1.88. The van der Waals surface area contributed by atoms with Crippen molar-refractivity contribution in [1.29, 1.82) is 0 Å². The van der Waals surface area contributed by atoms with Crippen LogP contribution >= 0.6 is 11.3 Å². The number of fused-ring (bicyclic) bond motifs is 1. The lowest BCUT2D eigenvalue weighted by Crippen LogP contribution is -2.12. The van der Waals surface area contributed by atoms with Gasteiger partial charge in [0.05, 0.1) is 5.39 Å². The summed E-state index contributed by atoms with van der Waals surface area (Å²) in [5.74, 6) is 1.54. The predicted octanol–water partition coefficient (Wildman–Crippen LogP) is 2.48. The van der Waals surface area contributed by atoms with Crippen LogP contribution in [0.3, 0.4) is 0 Å². The summed E-state index contributed by atoms with van der Waals surface area (Å²) in [6.07, 6.45) is 3.89. The van der Waals surface area contributed by atoms with Crippen LogP contribution in [-0.2, 0) is 0 Å². The lowest BCUT2D eigenvalue weighted by atomic mass is 10.1. The Morgan fingerprint density at radius 2 is 2.35 bits per heavy atom. The molecule has 0 aliphatic rings. The van der Waals surface area contributed by atoms with E-state index in [1.807, 2.05) is 5.38 Å². The molecule has 0 spiro atoms. The number of nitrogens with one attached hydrogen (secondary N) is 1. The number of hydrogen-bond donors (Lipinski definition) is 2. The maximum Gasteiger partial charge on any atom is 0.138 e. The molecule has 4 nitrogen and oxygen atoms in total. The molecule has 2 aromatic heterocycles. The number of hydrogen-bond acceptors (Lipinski definition) is 5. The number of rotatable bonds is 6. The molecule has 2 aromatic rings. The fourth-order valence-electron chi connectivity index (χ4n) is 1.71. The highest BCUT2D eigenvalue weighted by atomic mass is 32.1. The smallest absolute Gasteiger partial charge is 0.138 e. The molecule has 0 saturated heterocycles. The van der Waals surface area contributed by atoms with Gasteiger partial charge in [-0.3, -0.25) is 0 Å². The zero-order valence-electron chi connectivity index (χ0n) is 10.0. The van der Waals surface area contributed by atoms with Gasteiger partial charge in [-0.2, -0.15) is 0 Å². The normalized spacial score (nSPS) is 12.8. The van der Waals surface area contributed by atoms with E-state index < -0.39 is 0 Å². The summed E-state index contributed by atoms with van der Waals surface area (Å²) in [6.45, 7) is 3.89. The minimum Gasteiger partial charge on any atom is -0.369 e. The summed E-state index contributed by atoms with van der Waals surface area (Å²) in [5, 5.41) is 6.53. The molecule has 1 unspecified atom stereocenters. The van der Waals surface area contributed by atoms with Crippen LogP contribution in [0.4, 0.5) is 5.82 Å². The highest BCUT2D eigenvalue weighted by Crippen LogP contribution is 2.23. The predicted molar refractivity (Wildman–Crippen MR) is 73.4 cm³/mol. The standard InChI is InChI=1S/C12H18N4S/c1-9(7-13)3-2-5-14-11-10-4-6-17-12(10)16-8-15-11/h4,6,8-9H,2-3,5,7,13H2,1H3,(H,14,15,16). The first-order valence-electron chi connectivity index (χ1n) is 5.93. The van der Waals surface area contributed by atoms with E-state index in [4.69, 9.17) is 5.73 Å². The maximum atomic E-state index is 5.59. The van der Waals surface area contributed by atoms with Crippen LogP contribution in [0, 0.1) is 5.92 Å². The first kappa shape index (κ1) is 12.3. The van der Waals surface area contributed by atoms with E-state index in [1.165, 1.54) is 0 Å². The molecule has 0 saturated carbocycles. The van der Waals surface area contributed by atoms with Gasteiger partial charge in [-0.25, -0.2) is 9.97 Å². The van der Waals surface area contributed by atoms with Crippen LogP contribution in [-0.4, -0.2) is 23.1 Å². The Kier molecular flexibility index (Phi) is 4.28. The van der Waals surface area contributed by atoms with Gasteiger partial charge in [-0.1, -0.05) is 6.92 Å². The molecule has 2 heterocycles. The molecule has 2 rings (SSSR count). The number of thiophene rings is 1. The Labute approximate surface area is 105 Å². The highest BCUT2D eigenvalue weighted by Gasteiger charge is 2.04. The lowest BCUT2D eigenvalue weighted by Gasteiger charge is -2.09. The molecule has 0 aliphatic carbocycles. The summed E-state index contributed by atoms with van der Waals surface area (Å²) in [6, 6.07) is 2.06. The first-order chi connectivity index (χ1) is 8.31. The molecular weight excluding hydrogens is 232 g/mol. The fourth-order valence-corrected chi connectivity index (χ4v) is 2.44. The van der Waals surface area contributed by atoms with Gasteiger partial charge in [-0.05, 0) is 36.8 Å². The third-order valence-electron chi connectivity index (χ3n) is 2.83.